The van der Waals surface area contributed by atoms with E-state index in [1.807, 2.05) is 6.20 Å². The number of nitrogens with one attached hydrogen (secondary N) is 1. The minimum Gasteiger partial charge on any atom is -0.493 e. The van der Waals surface area contributed by atoms with E-state index < -0.39 is 0 Å². The highest BCUT2D eigenvalue weighted by Gasteiger charge is 2.23. The standard InChI is InChI=1S/C16H29N3OS/c1-4-17-14(12-21-13-9-7-6-8-10-13)16-15(20-3)11-18-19(16)5-2/h11,13-14,17H,4-10,12H2,1-3H3. The quantitative estimate of drug-likeness (QED) is 0.796. The van der Waals surface area contributed by atoms with Crippen LogP contribution in [0.2, 0.25) is 0 Å². The number of ether oxygens (including phenoxy) is 1. The minimum absolute atomic E-state index is 0.319. The van der Waals surface area contributed by atoms with E-state index in [4.69, 9.17) is 4.74 Å². The molecule has 1 N–H and O–H groups in total. The van der Waals surface area contributed by atoms with Crippen LogP contribution in [0, 0.1) is 0 Å². The molecule has 1 unspecified atom stereocenters. The zero-order valence-corrected chi connectivity index (χ0v) is 14.4. The maximum atomic E-state index is 5.51. The second-order valence-electron chi connectivity index (χ2n) is 5.62. The lowest BCUT2D eigenvalue weighted by Crippen LogP contribution is -2.27. The molecular formula is C16H29N3OS. The summed E-state index contributed by atoms with van der Waals surface area (Å²) in [5, 5.41) is 8.90. The van der Waals surface area contributed by atoms with Gasteiger partial charge in [-0.2, -0.15) is 16.9 Å². The first-order valence-corrected chi connectivity index (χ1v) is 9.29. The van der Waals surface area contributed by atoms with Crippen molar-refractivity contribution >= 4 is 11.8 Å². The third-order valence-electron chi connectivity index (χ3n) is 4.20. The van der Waals surface area contributed by atoms with E-state index >= 15 is 0 Å². The van der Waals surface area contributed by atoms with Crippen molar-refractivity contribution in [1.29, 1.82) is 0 Å². The predicted molar refractivity (Wildman–Crippen MR) is 90.2 cm³/mol. The lowest BCUT2D eigenvalue weighted by molar-refractivity contribution is 0.397. The molecule has 0 aromatic carbocycles. The van der Waals surface area contributed by atoms with Gasteiger partial charge in [-0.1, -0.05) is 26.2 Å². The number of rotatable bonds is 8. The van der Waals surface area contributed by atoms with Gasteiger partial charge in [-0.25, -0.2) is 0 Å². The Kier molecular flexibility index (Phi) is 6.90. The van der Waals surface area contributed by atoms with E-state index in [0.717, 1.165) is 29.8 Å². The van der Waals surface area contributed by atoms with Gasteiger partial charge < -0.3 is 10.1 Å². The molecule has 4 nitrogen and oxygen atoms in total. The summed E-state index contributed by atoms with van der Waals surface area (Å²) in [7, 11) is 1.73. The molecule has 1 heterocycles. The molecule has 0 aliphatic heterocycles. The van der Waals surface area contributed by atoms with Crippen molar-refractivity contribution in [3.63, 3.8) is 0 Å². The van der Waals surface area contributed by atoms with Crippen LogP contribution in [0.25, 0.3) is 0 Å². The molecule has 5 heteroatoms. The summed E-state index contributed by atoms with van der Waals surface area (Å²) in [6.45, 7) is 6.15. The van der Waals surface area contributed by atoms with E-state index in [2.05, 4.69) is 40.7 Å². The van der Waals surface area contributed by atoms with Crippen LogP contribution in [-0.2, 0) is 6.54 Å². The summed E-state index contributed by atoms with van der Waals surface area (Å²) in [5.74, 6) is 2.01. The monoisotopic (exact) mass is 311 g/mol. The zero-order valence-electron chi connectivity index (χ0n) is 13.6. The molecule has 1 saturated carbocycles. The lowest BCUT2D eigenvalue weighted by Gasteiger charge is -2.25. The lowest BCUT2D eigenvalue weighted by atomic mass is 10.0. The third kappa shape index (κ3) is 4.39. The zero-order chi connectivity index (χ0) is 15.1. The number of nitrogens with zero attached hydrogens (tertiary/aromatic N) is 2. The molecule has 0 radical (unpaired) electrons. The molecule has 21 heavy (non-hydrogen) atoms. The van der Waals surface area contributed by atoms with Gasteiger partial charge in [0.05, 0.1) is 25.0 Å². The fourth-order valence-corrected chi connectivity index (χ4v) is 4.49. The van der Waals surface area contributed by atoms with Gasteiger partial charge >= 0.3 is 0 Å². The number of hydrogen-bond donors (Lipinski definition) is 1. The van der Waals surface area contributed by atoms with Crippen LogP contribution in [0.15, 0.2) is 6.20 Å². The molecule has 2 rings (SSSR count). The molecule has 0 spiro atoms. The van der Waals surface area contributed by atoms with E-state index in [0.29, 0.717) is 6.04 Å². The Balaban J connectivity index is 2.04. The Bertz CT molecular complexity index is 394. The number of aromatic nitrogens is 2. The fourth-order valence-electron chi connectivity index (χ4n) is 3.08. The van der Waals surface area contributed by atoms with Crippen molar-refractivity contribution in [2.75, 3.05) is 19.4 Å². The van der Waals surface area contributed by atoms with Crippen LogP contribution in [0.1, 0.15) is 57.7 Å². The van der Waals surface area contributed by atoms with Crippen molar-refractivity contribution in [2.45, 2.75) is 63.8 Å². The Morgan fingerprint density at radius 2 is 2.14 bits per heavy atom. The summed E-state index contributed by atoms with van der Waals surface area (Å²) in [4.78, 5) is 0. The Labute approximate surface area is 133 Å². The Morgan fingerprint density at radius 3 is 2.76 bits per heavy atom. The van der Waals surface area contributed by atoms with Crippen LogP contribution in [0.5, 0.6) is 5.75 Å². The van der Waals surface area contributed by atoms with Gasteiger partial charge in [0, 0.05) is 17.5 Å². The second kappa shape index (κ2) is 8.69. The van der Waals surface area contributed by atoms with E-state index in [-0.39, 0.29) is 0 Å². The summed E-state index contributed by atoms with van der Waals surface area (Å²) in [5.41, 5.74) is 1.20. The highest BCUT2D eigenvalue weighted by Crippen LogP contribution is 2.33. The van der Waals surface area contributed by atoms with Gasteiger partial charge in [0.1, 0.15) is 0 Å². The smallest absolute Gasteiger partial charge is 0.161 e. The van der Waals surface area contributed by atoms with Gasteiger partial charge in [-0.3, -0.25) is 4.68 Å². The van der Waals surface area contributed by atoms with E-state index in [1.54, 1.807) is 7.11 Å². The first-order chi connectivity index (χ1) is 10.3. The molecule has 0 amide bonds. The third-order valence-corrected chi connectivity index (χ3v) is 5.66. The average Bonchev–Trinajstić information content (AvgIpc) is 2.95. The number of methoxy groups -OCH3 is 1. The van der Waals surface area contributed by atoms with Crippen molar-refractivity contribution in [1.82, 2.24) is 15.1 Å². The van der Waals surface area contributed by atoms with Gasteiger partial charge in [0.25, 0.3) is 0 Å². The van der Waals surface area contributed by atoms with E-state index in [9.17, 15) is 0 Å². The maximum absolute atomic E-state index is 5.51. The van der Waals surface area contributed by atoms with Gasteiger partial charge in [0.15, 0.2) is 5.75 Å². The molecule has 1 fully saturated rings. The normalized spacial score (nSPS) is 17.9. The van der Waals surface area contributed by atoms with Crippen LogP contribution < -0.4 is 10.1 Å². The molecule has 0 saturated heterocycles. The van der Waals surface area contributed by atoms with Crippen molar-refractivity contribution in [3.8, 4) is 5.75 Å². The molecule has 1 aliphatic carbocycles. The molecule has 1 aliphatic rings. The summed E-state index contributed by atoms with van der Waals surface area (Å²) in [6.07, 6.45) is 8.83. The second-order valence-corrected chi connectivity index (χ2v) is 6.95. The van der Waals surface area contributed by atoms with Crippen LogP contribution >= 0.6 is 11.8 Å². The molecular weight excluding hydrogens is 282 g/mol. The summed E-state index contributed by atoms with van der Waals surface area (Å²) >= 11 is 2.12. The topological polar surface area (TPSA) is 39.1 Å². The molecule has 1 aromatic rings. The first kappa shape index (κ1) is 16.7. The SMILES string of the molecule is CCNC(CSC1CCCCC1)c1c(OC)cnn1CC. The molecule has 1 aromatic heterocycles. The van der Waals surface area contributed by atoms with Crippen LogP contribution in [-0.4, -0.2) is 34.4 Å². The number of thioether (sulfide) groups is 1. The Morgan fingerprint density at radius 1 is 1.38 bits per heavy atom. The average molecular weight is 311 g/mol. The van der Waals surface area contributed by atoms with E-state index in [1.165, 1.54) is 37.8 Å². The molecule has 0 bridgehead atoms. The predicted octanol–water partition coefficient (Wildman–Crippen LogP) is 3.63. The largest absolute Gasteiger partial charge is 0.493 e. The van der Waals surface area contributed by atoms with Gasteiger partial charge in [-0.05, 0) is 26.3 Å². The summed E-state index contributed by atoms with van der Waals surface area (Å²) < 4.78 is 7.58. The van der Waals surface area contributed by atoms with Crippen molar-refractivity contribution in [3.05, 3.63) is 11.9 Å². The highest BCUT2D eigenvalue weighted by molar-refractivity contribution is 7.99. The van der Waals surface area contributed by atoms with Crippen molar-refractivity contribution < 1.29 is 4.74 Å². The number of aryl methyl sites for hydroxylation is 1. The number of hydrogen-bond acceptors (Lipinski definition) is 4. The highest BCUT2D eigenvalue weighted by atomic mass is 32.2. The minimum atomic E-state index is 0.319. The van der Waals surface area contributed by atoms with Crippen LogP contribution in [0.3, 0.4) is 0 Å². The summed E-state index contributed by atoms with van der Waals surface area (Å²) in [6, 6.07) is 0.319. The van der Waals surface area contributed by atoms with Crippen molar-refractivity contribution in [2.24, 2.45) is 0 Å². The first-order valence-electron chi connectivity index (χ1n) is 8.24. The molecule has 1 atom stereocenters. The maximum Gasteiger partial charge on any atom is 0.161 e. The Hall–Kier alpha value is -0.680. The van der Waals surface area contributed by atoms with Gasteiger partial charge in [0.2, 0.25) is 0 Å². The fraction of sp³-hybridized carbons (Fsp3) is 0.812. The van der Waals surface area contributed by atoms with Crippen LogP contribution in [0.4, 0.5) is 0 Å². The van der Waals surface area contributed by atoms with Gasteiger partial charge in [-0.15, -0.1) is 0 Å². The molecule has 120 valence electrons.